The Morgan fingerprint density at radius 2 is 0.977 bits per heavy atom. The van der Waals surface area contributed by atoms with Crippen LogP contribution in [0.25, 0.3) is 0 Å². The number of phenolic OH excluding ortho intramolecular Hbond substituents is 2. The lowest BCUT2D eigenvalue weighted by Gasteiger charge is -2.26. The molecule has 0 heterocycles. The van der Waals surface area contributed by atoms with E-state index in [-0.39, 0.29) is 36.7 Å². The molecule has 0 saturated carbocycles. The van der Waals surface area contributed by atoms with Crippen LogP contribution in [0.2, 0.25) is 0 Å². The molecular formula is C32H38N4O7. The molecule has 8 N–H and O–H groups in total. The number of rotatable bonds is 14. The summed E-state index contributed by atoms with van der Waals surface area (Å²) in [5.74, 6) is -3.35. The number of nitrogens with two attached hydrogens (primary N) is 1. The first-order chi connectivity index (χ1) is 20.4. The van der Waals surface area contributed by atoms with Gasteiger partial charge in [-0.1, -0.05) is 68.4 Å². The normalized spacial score (nSPS) is 13.8. The van der Waals surface area contributed by atoms with Gasteiger partial charge < -0.3 is 37.0 Å². The van der Waals surface area contributed by atoms with Crippen molar-refractivity contribution in [1.29, 1.82) is 0 Å². The molecule has 4 atom stereocenters. The zero-order valence-electron chi connectivity index (χ0n) is 24.1. The zero-order chi connectivity index (χ0) is 31.5. The molecule has 43 heavy (non-hydrogen) atoms. The Hall–Kier alpha value is -4.90. The van der Waals surface area contributed by atoms with Gasteiger partial charge in [-0.15, -0.1) is 0 Å². The molecule has 3 aromatic rings. The minimum Gasteiger partial charge on any atom is -0.508 e. The van der Waals surface area contributed by atoms with Gasteiger partial charge in [-0.2, -0.15) is 0 Å². The van der Waals surface area contributed by atoms with Crippen molar-refractivity contribution in [2.24, 2.45) is 11.7 Å². The van der Waals surface area contributed by atoms with E-state index >= 15 is 0 Å². The quantitative estimate of drug-likeness (QED) is 0.147. The summed E-state index contributed by atoms with van der Waals surface area (Å²) in [6.45, 7) is 3.55. The standard InChI is InChI=1S/C32H38N4O7/c1-19(2)28(33)31(41)35-26(17-21-8-12-23(37)13-9-21)29(39)34-25(16-20-6-4-3-5-7-20)30(40)36-27(32(42)43)18-22-10-14-24(38)15-11-22/h3-15,19,25-28,37-38H,16-18,33H2,1-2H3,(H,34,39)(H,35,41)(H,36,40)(H,42,43). The predicted octanol–water partition coefficient (Wildman–Crippen LogP) is 1.65. The highest BCUT2D eigenvalue weighted by atomic mass is 16.4. The Morgan fingerprint density at radius 1 is 0.605 bits per heavy atom. The number of carboxylic acids is 1. The lowest BCUT2D eigenvalue weighted by atomic mass is 10.00. The summed E-state index contributed by atoms with van der Waals surface area (Å²) in [4.78, 5) is 52.1. The summed E-state index contributed by atoms with van der Waals surface area (Å²) in [5, 5.41) is 36.9. The van der Waals surface area contributed by atoms with Gasteiger partial charge >= 0.3 is 5.97 Å². The van der Waals surface area contributed by atoms with E-state index < -0.39 is 47.9 Å². The van der Waals surface area contributed by atoms with Crippen molar-refractivity contribution in [1.82, 2.24) is 16.0 Å². The van der Waals surface area contributed by atoms with Crippen LogP contribution in [-0.2, 0) is 38.4 Å². The topological polar surface area (TPSA) is 191 Å². The van der Waals surface area contributed by atoms with Gasteiger partial charge in [0.15, 0.2) is 0 Å². The zero-order valence-corrected chi connectivity index (χ0v) is 24.1. The smallest absolute Gasteiger partial charge is 0.326 e. The van der Waals surface area contributed by atoms with Crippen molar-refractivity contribution in [2.75, 3.05) is 0 Å². The van der Waals surface area contributed by atoms with Crippen molar-refractivity contribution < 1.29 is 34.5 Å². The number of aliphatic carboxylic acids is 1. The van der Waals surface area contributed by atoms with E-state index in [4.69, 9.17) is 5.73 Å². The molecule has 11 nitrogen and oxygen atoms in total. The second-order valence-corrected chi connectivity index (χ2v) is 10.7. The first-order valence-corrected chi connectivity index (χ1v) is 13.9. The first kappa shape index (κ1) is 32.6. The molecule has 4 unspecified atom stereocenters. The third-order valence-electron chi connectivity index (χ3n) is 6.94. The van der Waals surface area contributed by atoms with E-state index in [0.29, 0.717) is 16.7 Å². The lowest BCUT2D eigenvalue weighted by molar-refractivity contribution is -0.142. The first-order valence-electron chi connectivity index (χ1n) is 13.9. The van der Waals surface area contributed by atoms with Gasteiger partial charge in [0.2, 0.25) is 17.7 Å². The Bertz CT molecular complexity index is 1380. The molecule has 228 valence electrons. The second kappa shape index (κ2) is 15.4. The van der Waals surface area contributed by atoms with Gasteiger partial charge in [-0.25, -0.2) is 4.79 Å². The highest BCUT2D eigenvalue weighted by Gasteiger charge is 2.31. The molecule has 0 aliphatic carbocycles. The number of hydrogen-bond acceptors (Lipinski definition) is 7. The summed E-state index contributed by atoms with van der Waals surface area (Å²) in [5.41, 5.74) is 7.95. The highest BCUT2D eigenvalue weighted by molar-refractivity contribution is 5.94. The molecule has 3 amide bonds. The van der Waals surface area contributed by atoms with Crippen molar-refractivity contribution >= 4 is 23.7 Å². The Kier molecular flexibility index (Phi) is 11.7. The van der Waals surface area contributed by atoms with Crippen molar-refractivity contribution in [2.45, 2.75) is 57.3 Å². The number of hydrogen-bond donors (Lipinski definition) is 7. The summed E-state index contributed by atoms with van der Waals surface area (Å²) in [6, 6.07) is 16.5. The van der Waals surface area contributed by atoms with E-state index in [1.165, 1.54) is 24.3 Å². The van der Waals surface area contributed by atoms with E-state index in [2.05, 4.69) is 16.0 Å². The van der Waals surface area contributed by atoms with Crippen LogP contribution in [0.3, 0.4) is 0 Å². The van der Waals surface area contributed by atoms with Gasteiger partial charge in [0.1, 0.15) is 29.6 Å². The number of phenols is 2. The van der Waals surface area contributed by atoms with Crippen LogP contribution < -0.4 is 21.7 Å². The largest absolute Gasteiger partial charge is 0.508 e. The molecule has 0 spiro atoms. The number of amides is 3. The fourth-order valence-electron chi connectivity index (χ4n) is 4.32. The van der Waals surface area contributed by atoms with E-state index in [1.807, 2.05) is 0 Å². The monoisotopic (exact) mass is 590 g/mol. The fraction of sp³-hybridized carbons (Fsp3) is 0.312. The minimum atomic E-state index is -1.32. The summed E-state index contributed by atoms with van der Waals surface area (Å²) in [7, 11) is 0. The van der Waals surface area contributed by atoms with Crippen LogP contribution >= 0.6 is 0 Å². The molecule has 11 heteroatoms. The Labute approximate surface area is 250 Å². The average Bonchev–Trinajstić information content (AvgIpc) is 2.98. The van der Waals surface area contributed by atoms with Gasteiger partial charge in [-0.3, -0.25) is 14.4 Å². The highest BCUT2D eigenvalue weighted by Crippen LogP contribution is 2.14. The summed E-state index contributed by atoms with van der Waals surface area (Å²) in [6.07, 6.45) is 0.0380. The second-order valence-electron chi connectivity index (χ2n) is 10.7. The maximum atomic E-state index is 13.7. The fourth-order valence-corrected chi connectivity index (χ4v) is 4.32. The number of carbonyl (C=O) groups excluding carboxylic acids is 3. The van der Waals surface area contributed by atoms with Crippen LogP contribution in [0.5, 0.6) is 11.5 Å². The molecule has 3 aromatic carbocycles. The maximum Gasteiger partial charge on any atom is 0.326 e. The van der Waals surface area contributed by atoms with Crippen molar-refractivity contribution in [3.63, 3.8) is 0 Å². The van der Waals surface area contributed by atoms with Crippen LogP contribution in [0, 0.1) is 5.92 Å². The SMILES string of the molecule is CC(C)C(N)C(=O)NC(Cc1ccc(O)cc1)C(=O)NC(Cc1ccccc1)C(=O)NC(Cc1ccc(O)cc1)C(=O)O. The number of carboxylic acid groups (broad SMARTS) is 1. The van der Waals surface area contributed by atoms with Crippen LogP contribution in [0.4, 0.5) is 0 Å². The average molecular weight is 591 g/mol. The Balaban J connectivity index is 1.85. The molecular weight excluding hydrogens is 552 g/mol. The van der Waals surface area contributed by atoms with Gasteiger partial charge in [0.25, 0.3) is 0 Å². The summed E-state index contributed by atoms with van der Waals surface area (Å²) < 4.78 is 0. The molecule has 0 aliphatic rings. The summed E-state index contributed by atoms with van der Waals surface area (Å²) >= 11 is 0. The van der Waals surface area contributed by atoms with Crippen LogP contribution in [0.1, 0.15) is 30.5 Å². The van der Waals surface area contributed by atoms with E-state index in [9.17, 15) is 34.5 Å². The third-order valence-corrected chi connectivity index (χ3v) is 6.94. The molecule has 3 rings (SSSR count). The Morgan fingerprint density at radius 3 is 1.40 bits per heavy atom. The molecule has 0 saturated heterocycles. The van der Waals surface area contributed by atoms with Crippen LogP contribution in [-0.4, -0.2) is 63.2 Å². The molecule has 0 aliphatic heterocycles. The van der Waals surface area contributed by atoms with Crippen LogP contribution in [0.15, 0.2) is 78.9 Å². The molecule has 0 radical (unpaired) electrons. The van der Waals surface area contributed by atoms with E-state index in [1.54, 1.807) is 68.4 Å². The molecule has 0 fully saturated rings. The number of aromatic hydroxyl groups is 2. The van der Waals surface area contributed by atoms with Gasteiger partial charge in [-0.05, 0) is 46.9 Å². The van der Waals surface area contributed by atoms with E-state index in [0.717, 1.165) is 0 Å². The van der Waals surface area contributed by atoms with Crippen molar-refractivity contribution in [3.05, 3.63) is 95.6 Å². The third kappa shape index (κ3) is 10.2. The van der Waals surface area contributed by atoms with Gasteiger partial charge in [0, 0.05) is 19.3 Å². The molecule has 0 aromatic heterocycles. The number of nitrogens with one attached hydrogen (secondary N) is 3. The van der Waals surface area contributed by atoms with Gasteiger partial charge in [0.05, 0.1) is 6.04 Å². The lowest BCUT2D eigenvalue weighted by Crippen LogP contribution is -2.58. The minimum absolute atomic E-state index is 0.0218. The molecule has 0 bridgehead atoms. The number of carbonyl (C=O) groups is 4. The number of benzene rings is 3. The van der Waals surface area contributed by atoms with Crippen molar-refractivity contribution in [3.8, 4) is 11.5 Å². The maximum absolute atomic E-state index is 13.7. The predicted molar refractivity (Wildman–Crippen MR) is 160 cm³/mol.